The molecule has 0 bridgehead atoms. The Hall–Kier alpha value is -2.56. The minimum Gasteiger partial charge on any atom is -0.508 e. The van der Waals surface area contributed by atoms with Gasteiger partial charge >= 0.3 is 0 Å². The summed E-state index contributed by atoms with van der Waals surface area (Å²) in [6, 6.07) is 13.0. The van der Waals surface area contributed by atoms with Crippen LogP contribution in [0.1, 0.15) is 34.8 Å². The van der Waals surface area contributed by atoms with Crippen LogP contribution in [0.4, 0.5) is 5.82 Å². The fourth-order valence-corrected chi connectivity index (χ4v) is 3.04. The Morgan fingerprint density at radius 1 is 1.17 bits per heavy atom. The van der Waals surface area contributed by atoms with Gasteiger partial charge in [-0.1, -0.05) is 18.2 Å². The van der Waals surface area contributed by atoms with Gasteiger partial charge in [-0.25, -0.2) is 4.98 Å². The van der Waals surface area contributed by atoms with Gasteiger partial charge in [-0.2, -0.15) is 0 Å². The normalized spacial score (nSPS) is 15.4. The second-order valence-corrected chi connectivity index (χ2v) is 5.81. The summed E-state index contributed by atoms with van der Waals surface area (Å²) >= 11 is 0. The number of piperidine rings is 1. The summed E-state index contributed by atoms with van der Waals surface area (Å²) in [6.07, 6.45) is 2.08. The van der Waals surface area contributed by atoms with E-state index in [9.17, 15) is 9.90 Å². The number of pyridine rings is 1. The molecule has 1 aliphatic rings. The van der Waals surface area contributed by atoms with Crippen LogP contribution in [0.5, 0.6) is 5.75 Å². The summed E-state index contributed by atoms with van der Waals surface area (Å²) in [5, 5.41) is 12.0. The smallest absolute Gasteiger partial charge is 0.269 e. The van der Waals surface area contributed by atoms with E-state index >= 15 is 0 Å². The van der Waals surface area contributed by atoms with Gasteiger partial charge in [0.25, 0.3) is 5.91 Å². The Labute approximate surface area is 136 Å². The molecule has 2 aromatic rings. The van der Waals surface area contributed by atoms with Crippen molar-refractivity contribution in [2.75, 3.05) is 25.0 Å². The number of phenolic OH excluding ortho intramolecular Hbond substituents is 1. The Kier molecular flexibility index (Phi) is 4.46. The zero-order valence-electron chi connectivity index (χ0n) is 13.2. The average Bonchev–Trinajstić information content (AvgIpc) is 2.62. The zero-order chi connectivity index (χ0) is 16.2. The third-order valence-electron chi connectivity index (χ3n) is 4.38. The van der Waals surface area contributed by atoms with Crippen molar-refractivity contribution in [2.24, 2.45) is 0 Å². The average molecular weight is 311 g/mol. The number of rotatable bonds is 3. The lowest BCUT2D eigenvalue weighted by molar-refractivity contribution is 0.0958. The van der Waals surface area contributed by atoms with Gasteiger partial charge in [0.1, 0.15) is 17.3 Å². The number of hydrogen-bond donors (Lipinski definition) is 2. The number of nitrogens with one attached hydrogen (secondary N) is 1. The summed E-state index contributed by atoms with van der Waals surface area (Å²) in [7, 11) is 1.61. The molecule has 3 rings (SSSR count). The van der Waals surface area contributed by atoms with Crippen LogP contribution in [0, 0.1) is 0 Å². The third-order valence-corrected chi connectivity index (χ3v) is 4.38. The molecule has 1 aliphatic heterocycles. The van der Waals surface area contributed by atoms with Gasteiger partial charge in [0.2, 0.25) is 0 Å². The summed E-state index contributed by atoms with van der Waals surface area (Å²) < 4.78 is 0. The molecule has 2 N–H and O–H groups in total. The number of benzene rings is 1. The molecule has 0 aliphatic carbocycles. The van der Waals surface area contributed by atoms with Crippen LogP contribution in [0.15, 0.2) is 42.5 Å². The van der Waals surface area contributed by atoms with E-state index in [0.717, 1.165) is 31.7 Å². The summed E-state index contributed by atoms with van der Waals surface area (Å²) in [5.74, 6) is 1.51. The maximum Gasteiger partial charge on any atom is 0.269 e. The number of phenols is 1. The molecule has 5 nitrogen and oxygen atoms in total. The highest BCUT2D eigenvalue weighted by molar-refractivity contribution is 5.92. The van der Waals surface area contributed by atoms with Crippen LogP contribution in [0.3, 0.4) is 0 Å². The van der Waals surface area contributed by atoms with E-state index in [1.54, 1.807) is 25.2 Å². The van der Waals surface area contributed by atoms with E-state index in [0.29, 0.717) is 17.4 Å². The minimum atomic E-state index is -0.161. The van der Waals surface area contributed by atoms with Crippen molar-refractivity contribution >= 4 is 11.7 Å². The van der Waals surface area contributed by atoms with Gasteiger partial charge in [0.15, 0.2) is 0 Å². The molecule has 1 aromatic heterocycles. The molecule has 5 heteroatoms. The molecule has 120 valence electrons. The first-order valence-corrected chi connectivity index (χ1v) is 7.90. The Bertz CT molecular complexity index is 677. The maximum absolute atomic E-state index is 11.7. The Morgan fingerprint density at radius 2 is 1.87 bits per heavy atom. The lowest BCUT2D eigenvalue weighted by Crippen LogP contribution is -2.34. The fourth-order valence-electron chi connectivity index (χ4n) is 3.04. The van der Waals surface area contributed by atoms with Crippen LogP contribution in [-0.2, 0) is 0 Å². The minimum absolute atomic E-state index is 0.161. The molecule has 23 heavy (non-hydrogen) atoms. The molecule has 1 fully saturated rings. The van der Waals surface area contributed by atoms with E-state index in [4.69, 9.17) is 0 Å². The number of aromatic hydroxyl groups is 1. The van der Waals surface area contributed by atoms with Crippen molar-refractivity contribution in [3.05, 3.63) is 53.7 Å². The molecule has 2 heterocycles. The SMILES string of the molecule is CNC(=O)c1cccc(N2CCC(c3ccc(O)cc3)CC2)n1. The monoisotopic (exact) mass is 311 g/mol. The molecule has 1 amide bonds. The number of anilines is 1. The van der Waals surface area contributed by atoms with Crippen molar-refractivity contribution in [3.63, 3.8) is 0 Å². The largest absolute Gasteiger partial charge is 0.508 e. The molecular weight excluding hydrogens is 290 g/mol. The fraction of sp³-hybridized carbons (Fsp3) is 0.333. The van der Waals surface area contributed by atoms with Crippen molar-refractivity contribution in [1.82, 2.24) is 10.3 Å². The number of nitrogens with zero attached hydrogens (tertiary/aromatic N) is 2. The predicted octanol–water partition coefficient (Wildman–Crippen LogP) is 2.53. The zero-order valence-corrected chi connectivity index (χ0v) is 13.2. The third kappa shape index (κ3) is 3.44. The molecule has 0 radical (unpaired) electrons. The standard InChI is InChI=1S/C18H21N3O2/c1-19-18(23)16-3-2-4-17(20-16)21-11-9-14(10-12-21)13-5-7-15(22)8-6-13/h2-8,14,22H,9-12H2,1H3,(H,19,23). The molecule has 1 saturated heterocycles. The molecular formula is C18H21N3O2. The number of amides is 1. The first-order valence-electron chi connectivity index (χ1n) is 7.90. The molecule has 0 saturated carbocycles. The molecule has 0 atom stereocenters. The predicted molar refractivity (Wildman–Crippen MR) is 89.9 cm³/mol. The van der Waals surface area contributed by atoms with Crippen molar-refractivity contribution < 1.29 is 9.90 Å². The van der Waals surface area contributed by atoms with E-state index < -0.39 is 0 Å². The lowest BCUT2D eigenvalue weighted by atomic mass is 9.89. The van der Waals surface area contributed by atoms with E-state index in [-0.39, 0.29) is 5.91 Å². The molecule has 0 unspecified atom stereocenters. The summed E-state index contributed by atoms with van der Waals surface area (Å²) in [5.41, 5.74) is 1.72. The van der Waals surface area contributed by atoms with Gasteiger partial charge in [-0.05, 0) is 48.6 Å². The number of carbonyl (C=O) groups is 1. The summed E-state index contributed by atoms with van der Waals surface area (Å²) in [4.78, 5) is 18.4. The van der Waals surface area contributed by atoms with Gasteiger partial charge in [0, 0.05) is 20.1 Å². The van der Waals surface area contributed by atoms with E-state index in [2.05, 4.69) is 15.2 Å². The van der Waals surface area contributed by atoms with Crippen LogP contribution in [0.25, 0.3) is 0 Å². The van der Waals surface area contributed by atoms with Gasteiger partial charge in [-0.3, -0.25) is 4.79 Å². The highest BCUT2D eigenvalue weighted by Gasteiger charge is 2.22. The van der Waals surface area contributed by atoms with Gasteiger partial charge in [0.05, 0.1) is 0 Å². The van der Waals surface area contributed by atoms with Crippen LogP contribution in [0.2, 0.25) is 0 Å². The Balaban J connectivity index is 1.67. The van der Waals surface area contributed by atoms with Crippen LogP contribution in [-0.4, -0.2) is 36.1 Å². The quantitative estimate of drug-likeness (QED) is 0.914. The van der Waals surface area contributed by atoms with Crippen molar-refractivity contribution in [3.8, 4) is 5.75 Å². The van der Waals surface area contributed by atoms with Crippen molar-refractivity contribution in [2.45, 2.75) is 18.8 Å². The maximum atomic E-state index is 11.7. The molecule has 0 spiro atoms. The van der Waals surface area contributed by atoms with E-state index in [1.807, 2.05) is 24.3 Å². The summed E-state index contributed by atoms with van der Waals surface area (Å²) in [6.45, 7) is 1.82. The van der Waals surface area contributed by atoms with Gasteiger partial charge < -0.3 is 15.3 Å². The highest BCUT2D eigenvalue weighted by atomic mass is 16.3. The van der Waals surface area contributed by atoms with Crippen LogP contribution >= 0.6 is 0 Å². The second-order valence-electron chi connectivity index (χ2n) is 5.81. The topological polar surface area (TPSA) is 65.5 Å². The number of hydrogen-bond acceptors (Lipinski definition) is 4. The second kappa shape index (κ2) is 6.69. The van der Waals surface area contributed by atoms with Crippen LogP contribution < -0.4 is 10.2 Å². The number of aromatic nitrogens is 1. The lowest BCUT2D eigenvalue weighted by Gasteiger charge is -2.33. The Morgan fingerprint density at radius 3 is 2.52 bits per heavy atom. The molecule has 1 aromatic carbocycles. The van der Waals surface area contributed by atoms with E-state index in [1.165, 1.54) is 5.56 Å². The number of carbonyl (C=O) groups excluding carboxylic acids is 1. The first-order chi connectivity index (χ1) is 11.2. The highest BCUT2D eigenvalue weighted by Crippen LogP contribution is 2.30. The van der Waals surface area contributed by atoms with Gasteiger partial charge in [-0.15, -0.1) is 0 Å². The van der Waals surface area contributed by atoms with Crippen molar-refractivity contribution in [1.29, 1.82) is 0 Å². The first kappa shape index (κ1) is 15.3.